The van der Waals surface area contributed by atoms with E-state index in [0.717, 1.165) is 22.4 Å². The maximum atomic E-state index is 13.0. The third-order valence-corrected chi connectivity index (χ3v) is 6.95. The first-order valence-electron chi connectivity index (χ1n) is 12.3. The van der Waals surface area contributed by atoms with E-state index >= 15 is 0 Å². The van der Waals surface area contributed by atoms with Crippen LogP contribution in [0.5, 0.6) is 0 Å². The van der Waals surface area contributed by atoms with Crippen LogP contribution in [-0.4, -0.2) is 58.9 Å². The molecule has 7 heteroatoms. The molecule has 0 bridgehead atoms. The minimum Gasteiger partial charge on any atom is -0.340 e. The molecule has 0 aliphatic carbocycles. The van der Waals surface area contributed by atoms with Gasteiger partial charge in [0.15, 0.2) is 0 Å². The fourth-order valence-electron chi connectivity index (χ4n) is 4.62. The third-order valence-electron chi connectivity index (χ3n) is 6.95. The van der Waals surface area contributed by atoms with Crippen LogP contribution < -0.4 is 5.32 Å². The Bertz CT molecular complexity index is 1260. The van der Waals surface area contributed by atoms with Gasteiger partial charge in [0.25, 0.3) is 0 Å². The zero-order valence-corrected chi connectivity index (χ0v) is 21.3. The molecule has 1 saturated heterocycles. The second-order valence-corrected chi connectivity index (χ2v) is 9.49. The number of benzene rings is 2. The summed E-state index contributed by atoms with van der Waals surface area (Å²) in [6.45, 7) is 9.20. The number of carbonyl (C=O) groups excluding carboxylic acids is 2. The van der Waals surface area contributed by atoms with E-state index in [1.54, 1.807) is 0 Å². The lowest BCUT2D eigenvalue weighted by Gasteiger charge is -2.34. The van der Waals surface area contributed by atoms with Crippen molar-refractivity contribution in [3.63, 3.8) is 0 Å². The van der Waals surface area contributed by atoms with E-state index in [1.165, 1.54) is 5.56 Å². The third kappa shape index (κ3) is 5.84. The number of carbonyl (C=O) groups is 2. The minimum absolute atomic E-state index is 0.117. The fraction of sp³-hybridized carbons (Fsp3) is 0.345. The molecule has 3 aromatic rings. The summed E-state index contributed by atoms with van der Waals surface area (Å²) in [5.41, 5.74) is 5.64. The molecule has 1 N–H and O–H groups in total. The molecule has 1 aliphatic heterocycles. The zero-order valence-electron chi connectivity index (χ0n) is 21.3. The normalized spacial score (nSPS) is 13.9. The first kappa shape index (κ1) is 25.2. The lowest BCUT2D eigenvalue weighted by atomic mass is 10.1. The number of amides is 2. The van der Waals surface area contributed by atoms with Crippen LogP contribution in [-0.2, 0) is 22.6 Å². The quantitative estimate of drug-likeness (QED) is 0.556. The summed E-state index contributed by atoms with van der Waals surface area (Å²) in [5, 5.41) is 12.8. The van der Waals surface area contributed by atoms with Gasteiger partial charge in [-0.15, -0.1) is 0 Å². The van der Waals surface area contributed by atoms with Crippen LogP contribution in [0.2, 0.25) is 0 Å². The van der Waals surface area contributed by atoms with Crippen molar-refractivity contribution in [1.29, 1.82) is 5.26 Å². The van der Waals surface area contributed by atoms with Gasteiger partial charge in [-0.1, -0.05) is 60.2 Å². The van der Waals surface area contributed by atoms with Gasteiger partial charge < -0.3 is 14.8 Å². The van der Waals surface area contributed by atoms with Crippen LogP contribution in [0.3, 0.4) is 0 Å². The monoisotopic (exact) mass is 483 g/mol. The number of aryl methyl sites for hydroxylation is 1. The molecular weight excluding hydrogens is 450 g/mol. The Hall–Kier alpha value is -3.89. The highest BCUT2D eigenvalue weighted by Crippen LogP contribution is 2.27. The van der Waals surface area contributed by atoms with Gasteiger partial charge in [-0.3, -0.25) is 14.5 Å². The number of hydrogen-bond donors (Lipinski definition) is 1. The van der Waals surface area contributed by atoms with Crippen molar-refractivity contribution < 1.29 is 9.59 Å². The first-order valence-corrected chi connectivity index (χ1v) is 12.3. The first-order chi connectivity index (χ1) is 17.4. The number of hydrogen-bond acceptors (Lipinski definition) is 4. The average molecular weight is 484 g/mol. The molecule has 2 heterocycles. The molecule has 36 heavy (non-hydrogen) atoms. The Morgan fingerprint density at radius 1 is 0.917 bits per heavy atom. The Morgan fingerprint density at radius 2 is 1.58 bits per heavy atom. The molecule has 1 aromatic heterocycles. The molecule has 186 valence electrons. The summed E-state index contributed by atoms with van der Waals surface area (Å²) in [4.78, 5) is 29.6. The van der Waals surface area contributed by atoms with Crippen LogP contribution in [0.4, 0.5) is 5.82 Å². The largest absolute Gasteiger partial charge is 0.340 e. The van der Waals surface area contributed by atoms with Crippen LogP contribution in [0.15, 0.2) is 54.6 Å². The lowest BCUT2D eigenvalue weighted by molar-refractivity contribution is -0.132. The van der Waals surface area contributed by atoms with Crippen LogP contribution in [0, 0.1) is 32.1 Å². The number of rotatable bonds is 7. The molecule has 0 saturated carbocycles. The Balaban J connectivity index is 1.35. The van der Waals surface area contributed by atoms with Gasteiger partial charge in [0.1, 0.15) is 11.9 Å². The molecular formula is C29H33N5O2. The molecule has 7 nitrogen and oxygen atoms in total. The smallest absolute Gasteiger partial charge is 0.239 e. The van der Waals surface area contributed by atoms with Crippen molar-refractivity contribution in [2.24, 2.45) is 0 Å². The van der Waals surface area contributed by atoms with Crippen molar-refractivity contribution in [2.75, 3.05) is 38.0 Å². The Kier molecular flexibility index (Phi) is 7.87. The molecule has 0 unspecified atom stereocenters. The highest BCUT2D eigenvalue weighted by Gasteiger charge is 2.24. The maximum absolute atomic E-state index is 13.0. The summed E-state index contributed by atoms with van der Waals surface area (Å²) in [5.74, 6) is 0.511. The van der Waals surface area contributed by atoms with Gasteiger partial charge in [-0.25, -0.2) is 0 Å². The van der Waals surface area contributed by atoms with E-state index in [-0.39, 0.29) is 18.4 Å². The zero-order chi connectivity index (χ0) is 25.7. The van der Waals surface area contributed by atoms with Gasteiger partial charge in [-0.05, 0) is 37.5 Å². The van der Waals surface area contributed by atoms with Crippen LogP contribution in [0.1, 0.15) is 33.5 Å². The SMILES string of the molecule is Cc1ccc(CC(=O)N2CCN(CC(=O)Nc3c(C#N)c(C)c(C)n3Cc3ccccc3)CC2)cc1. The summed E-state index contributed by atoms with van der Waals surface area (Å²) in [6, 6.07) is 20.3. The predicted molar refractivity (Wildman–Crippen MR) is 141 cm³/mol. The molecule has 1 aliphatic rings. The summed E-state index contributed by atoms with van der Waals surface area (Å²) < 4.78 is 2.00. The second kappa shape index (κ2) is 11.2. The number of aromatic nitrogens is 1. The molecule has 1 fully saturated rings. The summed E-state index contributed by atoms with van der Waals surface area (Å²) in [7, 11) is 0. The standard InChI is InChI=1S/C29H33N5O2/c1-21-9-11-24(12-10-21)17-28(36)33-15-13-32(14-16-33)20-27(35)31-29-26(18-30)22(2)23(3)34(29)19-25-7-5-4-6-8-25/h4-12H,13-17,19-20H2,1-3H3,(H,31,35). The van der Waals surface area contributed by atoms with Gasteiger partial charge in [0.05, 0.1) is 18.5 Å². The highest BCUT2D eigenvalue weighted by molar-refractivity contribution is 5.93. The average Bonchev–Trinajstić information content (AvgIpc) is 3.10. The number of piperazine rings is 1. The van der Waals surface area contributed by atoms with E-state index in [2.05, 4.69) is 16.3 Å². The molecule has 2 aromatic carbocycles. The van der Waals surface area contributed by atoms with E-state index in [4.69, 9.17) is 0 Å². The highest BCUT2D eigenvalue weighted by atomic mass is 16.2. The maximum Gasteiger partial charge on any atom is 0.239 e. The number of nitriles is 1. The summed E-state index contributed by atoms with van der Waals surface area (Å²) in [6.07, 6.45) is 0.398. The van der Waals surface area contributed by atoms with E-state index in [1.807, 2.05) is 84.8 Å². The van der Waals surface area contributed by atoms with Gasteiger partial charge in [0.2, 0.25) is 11.8 Å². The topological polar surface area (TPSA) is 81.4 Å². The van der Waals surface area contributed by atoms with Gasteiger partial charge in [-0.2, -0.15) is 5.26 Å². The van der Waals surface area contributed by atoms with Gasteiger partial charge in [0, 0.05) is 38.4 Å². The van der Waals surface area contributed by atoms with Gasteiger partial charge >= 0.3 is 0 Å². The van der Waals surface area contributed by atoms with Crippen LogP contribution >= 0.6 is 0 Å². The molecule has 2 amide bonds. The molecule has 4 rings (SSSR count). The van der Waals surface area contributed by atoms with Crippen molar-refractivity contribution in [1.82, 2.24) is 14.4 Å². The lowest BCUT2D eigenvalue weighted by Crippen LogP contribution is -2.50. The van der Waals surface area contributed by atoms with Crippen LogP contribution in [0.25, 0.3) is 0 Å². The molecule has 0 spiro atoms. The van der Waals surface area contributed by atoms with E-state index < -0.39 is 0 Å². The van der Waals surface area contributed by atoms with Crippen molar-refractivity contribution >= 4 is 17.6 Å². The van der Waals surface area contributed by atoms with Crippen molar-refractivity contribution in [2.45, 2.75) is 33.7 Å². The Labute approximate surface area is 212 Å². The van der Waals surface area contributed by atoms with E-state index in [0.29, 0.717) is 50.5 Å². The second-order valence-electron chi connectivity index (χ2n) is 9.49. The number of nitrogens with one attached hydrogen (secondary N) is 1. The minimum atomic E-state index is -0.155. The van der Waals surface area contributed by atoms with E-state index in [9.17, 15) is 14.9 Å². The predicted octanol–water partition coefficient (Wildman–Crippen LogP) is 3.66. The number of anilines is 1. The number of nitrogens with zero attached hydrogens (tertiary/aromatic N) is 4. The summed E-state index contributed by atoms with van der Waals surface area (Å²) >= 11 is 0. The molecule has 0 radical (unpaired) electrons. The fourth-order valence-corrected chi connectivity index (χ4v) is 4.62. The Morgan fingerprint density at radius 3 is 2.22 bits per heavy atom. The van der Waals surface area contributed by atoms with Crippen molar-refractivity contribution in [3.8, 4) is 6.07 Å². The van der Waals surface area contributed by atoms with Crippen molar-refractivity contribution in [3.05, 3.63) is 88.1 Å². The molecule has 0 atom stereocenters.